The van der Waals surface area contributed by atoms with Gasteiger partial charge in [0.15, 0.2) is 0 Å². The van der Waals surface area contributed by atoms with Crippen molar-refractivity contribution in [1.82, 2.24) is 0 Å². The second-order valence-electron chi connectivity index (χ2n) is 4.64. The lowest BCUT2D eigenvalue weighted by Gasteiger charge is -2.19. The number of halogens is 1. The van der Waals surface area contributed by atoms with Crippen molar-refractivity contribution in [1.29, 1.82) is 0 Å². The molecule has 2 aromatic rings. The first kappa shape index (κ1) is 13.9. The highest BCUT2D eigenvalue weighted by molar-refractivity contribution is 6.30. The summed E-state index contributed by atoms with van der Waals surface area (Å²) in [5.41, 5.74) is 9.42. The van der Waals surface area contributed by atoms with Crippen LogP contribution in [0.25, 0.3) is 0 Å². The zero-order valence-corrected chi connectivity index (χ0v) is 11.9. The van der Waals surface area contributed by atoms with Crippen LogP contribution in [0.4, 0.5) is 0 Å². The third-order valence-electron chi connectivity index (χ3n) is 3.19. The van der Waals surface area contributed by atoms with E-state index < -0.39 is 0 Å². The number of nitrogens with two attached hydrogens (primary N) is 1. The SMILES string of the molecule is Cc1ccc(C(CN)Oc2cccc(Cl)c2)cc1C. The summed E-state index contributed by atoms with van der Waals surface area (Å²) in [5, 5.41) is 0.661. The van der Waals surface area contributed by atoms with Crippen molar-refractivity contribution in [3.63, 3.8) is 0 Å². The molecule has 0 heterocycles. The van der Waals surface area contributed by atoms with E-state index in [1.54, 1.807) is 6.07 Å². The van der Waals surface area contributed by atoms with Gasteiger partial charge in [-0.1, -0.05) is 35.9 Å². The summed E-state index contributed by atoms with van der Waals surface area (Å²) in [6, 6.07) is 13.6. The summed E-state index contributed by atoms with van der Waals surface area (Å²) in [6.07, 6.45) is -0.155. The summed E-state index contributed by atoms with van der Waals surface area (Å²) in [4.78, 5) is 0. The van der Waals surface area contributed by atoms with Crippen LogP contribution >= 0.6 is 11.6 Å². The van der Waals surface area contributed by atoms with E-state index in [0.717, 1.165) is 11.3 Å². The second-order valence-corrected chi connectivity index (χ2v) is 5.08. The van der Waals surface area contributed by atoms with E-state index in [4.69, 9.17) is 22.1 Å². The molecule has 0 aliphatic rings. The van der Waals surface area contributed by atoms with E-state index in [1.165, 1.54) is 11.1 Å². The molecule has 0 radical (unpaired) electrons. The van der Waals surface area contributed by atoms with Gasteiger partial charge in [0.1, 0.15) is 11.9 Å². The van der Waals surface area contributed by atoms with Crippen molar-refractivity contribution >= 4 is 11.6 Å². The molecule has 2 N–H and O–H groups in total. The van der Waals surface area contributed by atoms with Gasteiger partial charge in [-0.15, -0.1) is 0 Å². The highest BCUT2D eigenvalue weighted by Crippen LogP contribution is 2.25. The third-order valence-corrected chi connectivity index (χ3v) is 3.43. The standard InChI is InChI=1S/C16H18ClNO/c1-11-6-7-13(8-12(11)2)16(10-18)19-15-5-3-4-14(17)9-15/h3-9,16H,10,18H2,1-2H3. The Morgan fingerprint density at radius 1 is 1.11 bits per heavy atom. The molecule has 2 nitrogen and oxygen atoms in total. The average molecular weight is 276 g/mol. The Labute approximate surface area is 119 Å². The fourth-order valence-electron chi connectivity index (χ4n) is 1.92. The normalized spacial score (nSPS) is 12.2. The highest BCUT2D eigenvalue weighted by atomic mass is 35.5. The van der Waals surface area contributed by atoms with Crippen molar-refractivity contribution in [3.05, 3.63) is 64.2 Å². The minimum absolute atomic E-state index is 0.155. The Balaban J connectivity index is 2.22. The summed E-state index contributed by atoms with van der Waals surface area (Å²) in [6.45, 7) is 4.61. The Kier molecular flexibility index (Phi) is 4.46. The van der Waals surface area contributed by atoms with Gasteiger partial charge in [-0.3, -0.25) is 0 Å². The number of hydrogen-bond acceptors (Lipinski definition) is 2. The van der Waals surface area contributed by atoms with Crippen LogP contribution < -0.4 is 10.5 Å². The molecule has 1 unspecified atom stereocenters. The van der Waals surface area contributed by atoms with Gasteiger partial charge in [0.2, 0.25) is 0 Å². The zero-order chi connectivity index (χ0) is 13.8. The van der Waals surface area contributed by atoms with Gasteiger partial charge in [0.05, 0.1) is 0 Å². The highest BCUT2D eigenvalue weighted by Gasteiger charge is 2.12. The van der Waals surface area contributed by atoms with Gasteiger partial charge in [0.25, 0.3) is 0 Å². The second kappa shape index (κ2) is 6.09. The minimum atomic E-state index is -0.155. The van der Waals surface area contributed by atoms with Gasteiger partial charge in [-0.05, 0) is 48.7 Å². The van der Waals surface area contributed by atoms with E-state index in [0.29, 0.717) is 11.6 Å². The van der Waals surface area contributed by atoms with Crippen LogP contribution in [-0.4, -0.2) is 6.54 Å². The molecule has 0 aromatic heterocycles. The fraction of sp³-hybridized carbons (Fsp3) is 0.250. The number of aryl methyl sites for hydroxylation is 2. The minimum Gasteiger partial charge on any atom is -0.484 e. The Morgan fingerprint density at radius 2 is 1.89 bits per heavy atom. The summed E-state index contributed by atoms with van der Waals surface area (Å²) < 4.78 is 5.92. The maximum Gasteiger partial charge on any atom is 0.136 e. The van der Waals surface area contributed by atoms with Gasteiger partial charge in [-0.25, -0.2) is 0 Å². The van der Waals surface area contributed by atoms with E-state index in [9.17, 15) is 0 Å². The fourth-order valence-corrected chi connectivity index (χ4v) is 2.10. The van der Waals surface area contributed by atoms with Gasteiger partial charge in [-0.2, -0.15) is 0 Å². The average Bonchev–Trinajstić information content (AvgIpc) is 2.39. The Morgan fingerprint density at radius 3 is 2.53 bits per heavy atom. The molecule has 0 spiro atoms. The topological polar surface area (TPSA) is 35.2 Å². The molecule has 0 amide bonds. The van der Waals surface area contributed by atoms with Crippen molar-refractivity contribution in [2.75, 3.05) is 6.54 Å². The van der Waals surface area contributed by atoms with E-state index in [2.05, 4.69) is 32.0 Å². The van der Waals surface area contributed by atoms with Crippen LogP contribution in [0.5, 0.6) is 5.75 Å². The summed E-state index contributed by atoms with van der Waals surface area (Å²) >= 11 is 5.95. The molecule has 1 atom stereocenters. The molecule has 0 saturated carbocycles. The third kappa shape index (κ3) is 3.49. The first-order chi connectivity index (χ1) is 9.10. The lowest BCUT2D eigenvalue weighted by atomic mass is 10.0. The monoisotopic (exact) mass is 275 g/mol. The van der Waals surface area contributed by atoms with Crippen LogP contribution in [-0.2, 0) is 0 Å². The predicted octanol–water partition coefficient (Wildman–Crippen LogP) is 4.04. The Hall–Kier alpha value is -1.51. The van der Waals surface area contributed by atoms with Crippen molar-refractivity contribution in [2.24, 2.45) is 5.73 Å². The van der Waals surface area contributed by atoms with Crippen molar-refractivity contribution < 1.29 is 4.74 Å². The molecule has 3 heteroatoms. The van der Waals surface area contributed by atoms with E-state index in [-0.39, 0.29) is 6.10 Å². The van der Waals surface area contributed by atoms with Crippen LogP contribution in [0.15, 0.2) is 42.5 Å². The van der Waals surface area contributed by atoms with Crippen LogP contribution in [0.1, 0.15) is 22.8 Å². The van der Waals surface area contributed by atoms with Gasteiger partial charge < -0.3 is 10.5 Å². The van der Waals surface area contributed by atoms with Crippen LogP contribution in [0.3, 0.4) is 0 Å². The molecule has 0 bridgehead atoms. The van der Waals surface area contributed by atoms with Gasteiger partial charge >= 0.3 is 0 Å². The van der Waals surface area contributed by atoms with Crippen LogP contribution in [0.2, 0.25) is 5.02 Å². The van der Waals surface area contributed by atoms with Crippen LogP contribution in [0, 0.1) is 13.8 Å². The number of ether oxygens (including phenoxy) is 1. The predicted molar refractivity (Wildman–Crippen MR) is 79.8 cm³/mol. The molecule has 2 rings (SSSR count). The zero-order valence-electron chi connectivity index (χ0n) is 11.2. The number of rotatable bonds is 4. The largest absolute Gasteiger partial charge is 0.484 e. The first-order valence-electron chi connectivity index (χ1n) is 6.29. The molecule has 0 aliphatic carbocycles. The summed E-state index contributed by atoms with van der Waals surface area (Å²) in [7, 11) is 0. The Bertz CT molecular complexity index is 568. The first-order valence-corrected chi connectivity index (χ1v) is 6.67. The maximum absolute atomic E-state index is 5.95. The maximum atomic E-state index is 5.95. The molecule has 2 aromatic carbocycles. The van der Waals surface area contributed by atoms with Crippen molar-refractivity contribution in [3.8, 4) is 5.75 Å². The summed E-state index contributed by atoms with van der Waals surface area (Å²) in [5.74, 6) is 0.737. The van der Waals surface area contributed by atoms with Crippen molar-refractivity contribution in [2.45, 2.75) is 20.0 Å². The smallest absolute Gasteiger partial charge is 0.136 e. The molecule has 0 aliphatic heterocycles. The molecule has 0 saturated heterocycles. The molecular weight excluding hydrogens is 258 g/mol. The molecular formula is C16H18ClNO. The lowest BCUT2D eigenvalue weighted by molar-refractivity contribution is 0.214. The van der Waals surface area contributed by atoms with E-state index in [1.807, 2.05) is 18.2 Å². The van der Waals surface area contributed by atoms with Gasteiger partial charge in [0, 0.05) is 11.6 Å². The molecule has 19 heavy (non-hydrogen) atoms. The van der Waals surface area contributed by atoms with E-state index >= 15 is 0 Å². The quantitative estimate of drug-likeness (QED) is 0.914. The molecule has 100 valence electrons. The lowest BCUT2D eigenvalue weighted by Crippen LogP contribution is -2.18. The molecule has 0 fully saturated rings. The number of benzene rings is 2. The number of hydrogen-bond donors (Lipinski definition) is 1.